The van der Waals surface area contributed by atoms with Crippen LogP contribution in [0.3, 0.4) is 0 Å². The number of hydrogen-bond acceptors (Lipinski definition) is 5. The van der Waals surface area contributed by atoms with Crippen LogP contribution in [0.1, 0.15) is 23.2 Å². The number of aliphatic hydroxyl groups is 1. The summed E-state index contributed by atoms with van der Waals surface area (Å²) in [7, 11) is 4.20. The van der Waals surface area contributed by atoms with Gasteiger partial charge in [-0.1, -0.05) is 0 Å². The number of benzene rings is 1. The second-order valence-electron chi connectivity index (χ2n) is 7.55. The quantitative estimate of drug-likeness (QED) is 0.837. The van der Waals surface area contributed by atoms with Crippen LogP contribution in [-0.2, 0) is 0 Å². The molecule has 0 atom stereocenters. The van der Waals surface area contributed by atoms with Crippen molar-refractivity contribution >= 4 is 11.6 Å². The van der Waals surface area contributed by atoms with Crippen molar-refractivity contribution in [3.05, 3.63) is 29.8 Å². The molecule has 6 nitrogen and oxygen atoms in total. The van der Waals surface area contributed by atoms with Crippen LogP contribution in [0.5, 0.6) is 0 Å². The molecular formula is C19H30N4O2. The third kappa shape index (κ3) is 4.71. The van der Waals surface area contributed by atoms with Gasteiger partial charge in [-0.05, 0) is 51.2 Å². The van der Waals surface area contributed by atoms with Gasteiger partial charge in [-0.3, -0.25) is 4.79 Å². The number of nitrogens with zero attached hydrogens (tertiary/aromatic N) is 3. The van der Waals surface area contributed by atoms with Crippen LogP contribution in [0, 0.1) is 0 Å². The largest absolute Gasteiger partial charge is 0.388 e. The molecule has 2 saturated heterocycles. The summed E-state index contributed by atoms with van der Waals surface area (Å²) in [5.74, 6) is -0.114. The minimum atomic E-state index is -0.776. The first kappa shape index (κ1) is 18.2. The van der Waals surface area contributed by atoms with Gasteiger partial charge in [-0.15, -0.1) is 0 Å². The van der Waals surface area contributed by atoms with Crippen LogP contribution in [0.15, 0.2) is 24.3 Å². The average Bonchev–Trinajstić information content (AvgIpc) is 2.63. The Hall–Kier alpha value is -1.63. The molecule has 138 valence electrons. The van der Waals surface area contributed by atoms with E-state index in [2.05, 4.69) is 34.1 Å². The highest BCUT2D eigenvalue weighted by molar-refractivity contribution is 5.94. The van der Waals surface area contributed by atoms with Gasteiger partial charge in [0.2, 0.25) is 0 Å². The van der Waals surface area contributed by atoms with Crippen molar-refractivity contribution in [1.29, 1.82) is 0 Å². The Morgan fingerprint density at radius 2 is 1.56 bits per heavy atom. The molecule has 0 bridgehead atoms. The Morgan fingerprint density at radius 3 is 2.16 bits per heavy atom. The molecule has 0 aromatic heterocycles. The van der Waals surface area contributed by atoms with Gasteiger partial charge in [0.25, 0.3) is 5.91 Å². The van der Waals surface area contributed by atoms with E-state index in [9.17, 15) is 9.90 Å². The number of hydrogen-bond donors (Lipinski definition) is 2. The number of anilines is 1. The number of piperazine rings is 1. The minimum absolute atomic E-state index is 0.114. The molecule has 2 N–H and O–H groups in total. The van der Waals surface area contributed by atoms with Crippen molar-refractivity contribution in [3.8, 4) is 0 Å². The predicted molar refractivity (Wildman–Crippen MR) is 100 cm³/mol. The van der Waals surface area contributed by atoms with Gasteiger partial charge in [0.15, 0.2) is 0 Å². The van der Waals surface area contributed by atoms with Crippen molar-refractivity contribution in [2.45, 2.75) is 18.4 Å². The van der Waals surface area contributed by atoms with Crippen LogP contribution in [-0.4, -0.2) is 86.3 Å². The Labute approximate surface area is 150 Å². The monoisotopic (exact) mass is 346 g/mol. The Morgan fingerprint density at radius 1 is 1.00 bits per heavy atom. The van der Waals surface area contributed by atoms with E-state index in [0.29, 0.717) is 24.9 Å². The Kier molecular flexibility index (Phi) is 5.61. The van der Waals surface area contributed by atoms with Crippen LogP contribution in [0.2, 0.25) is 0 Å². The highest BCUT2D eigenvalue weighted by atomic mass is 16.3. The second kappa shape index (κ2) is 7.72. The molecule has 2 fully saturated rings. The number of piperidine rings is 1. The van der Waals surface area contributed by atoms with Crippen molar-refractivity contribution < 1.29 is 9.90 Å². The lowest BCUT2D eigenvalue weighted by Gasteiger charge is -2.36. The third-order valence-electron chi connectivity index (χ3n) is 5.49. The molecule has 2 aliphatic heterocycles. The highest BCUT2D eigenvalue weighted by Gasteiger charge is 2.31. The van der Waals surface area contributed by atoms with E-state index in [1.807, 2.05) is 24.3 Å². The normalized spacial score (nSPS) is 22.0. The molecule has 2 heterocycles. The van der Waals surface area contributed by atoms with E-state index in [0.717, 1.165) is 39.3 Å². The summed E-state index contributed by atoms with van der Waals surface area (Å²) in [4.78, 5) is 19.2. The molecule has 0 unspecified atom stereocenters. The van der Waals surface area contributed by atoms with E-state index >= 15 is 0 Å². The van der Waals surface area contributed by atoms with Crippen LogP contribution in [0.4, 0.5) is 5.69 Å². The molecular weight excluding hydrogens is 316 g/mol. The number of likely N-dealkylation sites (tertiary alicyclic amines) is 1. The van der Waals surface area contributed by atoms with Crippen molar-refractivity contribution in [2.24, 2.45) is 0 Å². The number of amides is 1. The van der Waals surface area contributed by atoms with Gasteiger partial charge in [0.05, 0.1) is 5.60 Å². The molecule has 0 aliphatic carbocycles. The van der Waals surface area contributed by atoms with Gasteiger partial charge < -0.3 is 25.1 Å². The number of rotatable bonds is 4. The van der Waals surface area contributed by atoms with Gasteiger partial charge in [0, 0.05) is 57.1 Å². The lowest BCUT2D eigenvalue weighted by Crippen LogP contribution is -2.50. The van der Waals surface area contributed by atoms with Crippen LogP contribution >= 0.6 is 0 Å². The minimum Gasteiger partial charge on any atom is -0.388 e. The van der Waals surface area contributed by atoms with Crippen molar-refractivity contribution in [3.63, 3.8) is 0 Å². The molecule has 0 radical (unpaired) electrons. The van der Waals surface area contributed by atoms with E-state index in [1.165, 1.54) is 5.69 Å². The standard InChI is InChI=1S/C19H30N4O2/c1-21-9-7-19(25,8-10-21)15-20-18(24)16-3-5-17(6-4-16)23-13-11-22(2)12-14-23/h3-6,25H,7-15H2,1-2H3,(H,20,24). The van der Waals surface area contributed by atoms with E-state index in [-0.39, 0.29) is 5.91 Å². The number of carbonyl (C=O) groups is 1. The smallest absolute Gasteiger partial charge is 0.251 e. The number of carbonyl (C=O) groups excluding carboxylic acids is 1. The summed E-state index contributed by atoms with van der Waals surface area (Å²) in [6.45, 7) is 6.22. The number of nitrogens with one attached hydrogen (secondary N) is 1. The van der Waals surface area contributed by atoms with Gasteiger partial charge >= 0.3 is 0 Å². The highest BCUT2D eigenvalue weighted by Crippen LogP contribution is 2.21. The average molecular weight is 346 g/mol. The molecule has 25 heavy (non-hydrogen) atoms. The zero-order chi connectivity index (χ0) is 17.9. The Bertz CT molecular complexity index is 574. The van der Waals surface area contributed by atoms with Crippen LogP contribution < -0.4 is 10.2 Å². The maximum Gasteiger partial charge on any atom is 0.251 e. The maximum absolute atomic E-state index is 12.4. The fourth-order valence-corrected chi connectivity index (χ4v) is 3.45. The molecule has 3 rings (SSSR count). The third-order valence-corrected chi connectivity index (χ3v) is 5.49. The molecule has 6 heteroatoms. The summed E-state index contributed by atoms with van der Waals surface area (Å²) in [5, 5.41) is 13.5. The van der Waals surface area contributed by atoms with Crippen molar-refractivity contribution in [1.82, 2.24) is 15.1 Å². The van der Waals surface area contributed by atoms with Gasteiger partial charge in [-0.2, -0.15) is 0 Å². The Balaban J connectivity index is 1.52. The van der Waals surface area contributed by atoms with E-state index in [4.69, 9.17) is 0 Å². The molecule has 1 aromatic carbocycles. The topological polar surface area (TPSA) is 59.1 Å². The van der Waals surface area contributed by atoms with Gasteiger partial charge in [-0.25, -0.2) is 0 Å². The second-order valence-corrected chi connectivity index (χ2v) is 7.55. The van der Waals surface area contributed by atoms with E-state index in [1.54, 1.807) is 0 Å². The predicted octanol–water partition coefficient (Wildman–Crippen LogP) is 0.625. The van der Waals surface area contributed by atoms with E-state index < -0.39 is 5.60 Å². The fraction of sp³-hybridized carbons (Fsp3) is 0.632. The fourth-order valence-electron chi connectivity index (χ4n) is 3.45. The first-order valence-electron chi connectivity index (χ1n) is 9.18. The number of likely N-dealkylation sites (N-methyl/N-ethyl adjacent to an activating group) is 1. The first-order chi connectivity index (χ1) is 12.0. The molecule has 0 saturated carbocycles. The summed E-state index contributed by atoms with van der Waals surface area (Å²) in [6, 6.07) is 7.79. The molecule has 1 amide bonds. The maximum atomic E-state index is 12.4. The van der Waals surface area contributed by atoms with Crippen molar-refractivity contribution in [2.75, 3.05) is 64.8 Å². The SMILES string of the molecule is CN1CCN(c2ccc(C(=O)NCC3(O)CCN(C)CC3)cc2)CC1. The lowest BCUT2D eigenvalue weighted by atomic mass is 9.91. The summed E-state index contributed by atoms with van der Waals surface area (Å²) in [6.07, 6.45) is 1.40. The molecule has 2 aliphatic rings. The summed E-state index contributed by atoms with van der Waals surface area (Å²) < 4.78 is 0. The lowest BCUT2D eigenvalue weighted by molar-refractivity contribution is -0.0135. The summed E-state index contributed by atoms with van der Waals surface area (Å²) >= 11 is 0. The zero-order valence-corrected chi connectivity index (χ0v) is 15.4. The summed E-state index contributed by atoms with van der Waals surface area (Å²) in [5.41, 5.74) is 1.04. The van der Waals surface area contributed by atoms with Gasteiger partial charge in [0.1, 0.15) is 0 Å². The molecule has 0 spiro atoms. The molecule has 1 aromatic rings. The first-order valence-corrected chi connectivity index (χ1v) is 9.18. The van der Waals surface area contributed by atoms with Crippen LogP contribution in [0.25, 0.3) is 0 Å². The zero-order valence-electron chi connectivity index (χ0n) is 15.4.